The second-order valence-corrected chi connectivity index (χ2v) is 8.28. The van der Waals surface area contributed by atoms with E-state index in [1.54, 1.807) is 6.20 Å². The lowest BCUT2D eigenvalue weighted by Gasteiger charge is -2.32. The van der Waals surface area contributed by atoms with Gasteiger partial charge in [0.1, 0.15) is 11.5 Å². The highest BCUT2D eigenvalue weighted by Gasteiger charge is 2.23. The molecule has 8 heteroatoms. The van der Waals surface area contributed by atoms with Gasteiger partial charge in [-0.2, -0.15) is 0 Å². The minimum Gasteiger partial charge on any atom is -0.356 e. The van der Waals surface area contributed by atoms with E-state index in [0.29, 0.717) is 0 Å². The first kappa shape index (κ1) is 16.3. The molecule has 3 aromatic rings. The van der Waals surface area contributed by atoms with Crippen LogP contribution in [0.1, 0.15) is 12.8 Å². The molecular formula is C17H21N5O2S. The molecule has 132 valence electrons. The van der Waals surface area contributed by atoms with Gasteiger partial charge in [0, 0.05) is 49.6 Å². The molecule has 0 bridgehead atoms. The van der Waals surface area contributed by atoms with Crippen molar-refractivity contribution in [3.63, 3.8) is 0 Å². The number of aryl methyl sites for hydroxylation is 1. The zero-order valence-electron chi connectivity index (χ0n) is 14.3. The molecule has 4 rings (SSSR count). The molecule has 1 atom stereocenters. The first-order valence-electron chi connectivity index (χ1n) is 8.28. The van der Waals surface area contributed by atoms with Crippen molar-refractivity contribution in [3.8, 4) is 0 Å². The second kappa shape index (κ2) is 5.96. The molecule has 1 aliphatic heterocycles. The normalized spacial score (nSPS) is 18.7. The highest BCUT2D eigenvalue weighted by Crippen LogP contribution is 2.29. The molecule has 0 spiro atoms. The molecule has 7 nitrogen and oxygen atoms in total. The van der Waals surface area contributed by atoms with E-state index in [1.165, 1.54) is 6.26 Å². The number of hydrogen-bond donors (Lipinski definition) is 1. The molecule has 1 saturated heterocycles. The zero-order valence-corrected chi connectivity index (χ0v) is 15.1. The number of aromatic nitrogens is 3. The van der Waals surface area contributed by atoms with Crippen LogP contribution in [0.3, 0.4) is 0 Å². The Balaban J connectivity index is 1.61. The minimum atomic E-state index is -2.90. The van der Waals surface area contributed by atoms with E-state index in [0.717, 1.165) is 53.7 Å². The Hall–Kier alpha value is -2.19. The highest BCUT2D eigenvalue weighted by atomic mass is 32.2. The largest absolute Gasteiger partial charge is 0.356 e. The molecule has 3 aromatic heterocycles. The van der Waals surface area contributed by atoms with Crippen LogP contribution < -0.4 is 4.90 Å². The second-order valence-electron chi connectivity index (χ2n) is 6.55. The third-order valence-electron chi connectivity index (χ3n) is 4.71. The number of pyridine rings is 2. The van der Waals surface area contributed by atoms with Crippen LogP contribution in [0, 0.1) is 4.78 Å². The van der Waals surface area contributed by atoms with Gasteiger partial charge in [-0.1, -0.05) is 0 Å². The Morgan fingerprint density at radius 1 is 1.24 bits per heavy atom. The van der Waals surface area contributed by atoms with Gasteiger partial charge < -0.3 is 9.47 Å². The predicted octanol–water partition coefficient (Wildman–Crippen LogP) is 2.70. The summed E-state index contributed by atoms with van der Waals surface area (Å²) in [6.07, 6.45) is 6.39. The lowest BCUT2D eigenvalue weighted by atomic mass is 10.1. The summed E-state index contributed by atoms with van der Waals surface area (Å²) in [5.74, 6) is 0.938. The van der Waals surface area contributed by atoms with Crippen molar-refractivity contribution in [2.24, 2.45) is 7.05 Å². The fourth-order valence-corrected chi connectivity index (χ4v) is 4.23. The van der Waals surface area contributed by atoms with Crippen LogP contribution in [0.4, 0.5) is 5.82 Å². The molecule has 0 radical (unpaired) electrons. The number of rotatable bonds is 3. The van der Waals surface area contributed by atoms with Crippen LogP contribution in [0.2, 0.25) is 0 Å². The summed E-state index contributed by atoms with van der Waals surface area (Å²) in [7, 11) is -0.877. The van der Waals surface area contributed by atoms with Gasteiger partial charge in [0.15, 0.2) is 10.0 Å². The van der Waals surface area contributed by atoms with Gasteiger partial charge in [0.25, 0.3) is 0 Å². The van der Waals surface area contributed by atoms with Gasteiger partial charge in [-0.25, -0.2) is 14.0 Å². The van der Waals surface area contributed by atoms with Crippen LogP contribution in [-0.4, -0.2) is 44.2 Å². The molecule has 1 unspecified atom stereocenters. The standard InChI is InChI=1S/C17H21N5O2S/c1-21-15-5-8-19-11-14(15)13-3-4-16(20-17(13)21)22-9-6-12(7-10-22)24-25(2,18)23/h3-5,8,11-12,18H,6-7,9-10H2,1-2H3. The summed E-state index contributed by atoms with van der Waals surface area (Å²) in [4.78, 5) is 11.3. The monoisotopic (exact) mass is 359 g/mol. The Bertz CT molecular complexity index is 1040. The molecule has 1 aliphatic rings. The van der Waals surface area contributed by atoms with E-state index in [9.17, 15) is 4.21 Å². The van der Waals surface area contributed by atoms with Crippen molar-refractivity contribution < 1.29 is 8.39 Å². The number of piperidine rings is 1. The summed E-state index contributed by atoms with van der Waals surface area (Å²) in [6.45, 7) is 1.56. The average Bonchev–Trinajstić information content (AvgIpc) is 2.87. The number of anilines is 1. The van der Waals surface area contributed by atoms with Gasteiger partial charge in [-0.05, 0) is 31.0 Å². The van der Waals surface area contributed by atoms with E-state index in [4.69, 9.17) is 13.9 Å². The zero-order chi connectivity index (χ0) is 17.6. The summed E-state index contributed by atoms with van der Waals surface area (Å²) < 4.78 is 26.3. The van der Waals surface area contributed by atoms with E-state index in [-0.39, 0.29) is 6.10 Å². The van der Waals surface area contributed by atoms with E-state index in [1.807, 2.05) is 25.4 Å². The van der Waals surface area contributed by atoms with E-state index < -0.39 is 10.0 Å². The fraction of sp³-hybridized carbons (Fsp3) is 0.412. The smallest absolute Gasteiger partial charge is 0.157 e. The molecule has 1 N–H and O–H groups in total. The van der Waals surface area contributed by atoms with Gasteiger partial charge in [0.2, 0.25) is 0 Å². The summed E-state index contributed by atoms with van der Waals surface area (Å²) >= 11 is 0. The van der Waals surface area contributed by atoms with Gasteiger partial charge in [-0.3, -0.25) is 9.17 Å². The molecule has 0 saturated carbocycles. The number of nitrogens with zero attached hydrogens (tertiary/aromatic N) is 4. The summed E-state index contributed by atoms with van der Waals surface area (Å²) in [5, 5.41) is 2.21. The van der Waals surface area contributed by atoms with Gasteiger partial charge in [-0.15, -0.1) is 0 Å². The van der Waals surface area contributed by atoms with Crippen LogP contribution in [0.15, 0.2) is 30.6 Å². The SMILES string of the molecule is Cn1c2ccncc2c2ccc(N3CCC(OS(C)(=N)=O)CC3)nc21. The molecular weight excluding hydrogens is 338 g/mol. The molecule has 0 aromatic carbocycles. The third kappa shape index (κ3) is 3.07. The molecule has 0 aliphatic carbocycles. The number of hydrogen-bond acceptors (Lipinski definition) is 6. The topological polar surface area (TPSA) is 84.1 Å². The maximum absolute atomic E-state index is 11.5. The third-order valence-corrected chi connectivity index (χ3v) is 5.35. The van der Waals surface area contributed by atoms with Crippen LogP contribution in [0.5, 0.6) is 0 Å². The summed E-state index contributed by atoms with van der Waals surface area (Å²) in [6, 6.07) is 6.15. The first-order valence-corrected chi connectivity index (χ1v) is 10.2. The van der Waals surface area contributed by atoms with Gasteiger partial charge >= 0.3 is 0 Å². The Morgan fingerprint density at radius 2 is 2.00 bits per heavy atom. The fourth-order valence-electron chi connectivity index (χ4n) is 3.52. The molecule has 4 heterocycles. The quantitative estimate of drug-likeness (QED) is 0.777. The van der Waals surface area contributed by atoms with Crippen molar-refractivity contribution in [1.82, 2.24) is 14.5 Å². The first-order chi connectivity index (χ1) is 11.9. The maximum atomic E-state index is 11.5. The Morgan fingerprint density at radius 3 is 2.72 bits per heavy atom. The van der Waals surface area contributed by atoms with Crippen LogP contribution in [-0.2, 0) is 21.2 Å². The highest BCUT2D eigenvalue weighted by molar-refractivity contribution is 7.87. The van der Waals surface area contributed by atoms with Crippen molar-refractivity contribution in [2.45, 2.75) is 18.9 Å². The van der Waals surface area contributed by atoms with Crippen molar-refractivity contribution in [2.75, 3.05) is 24.2 Å². The van der Waals surface area contributed by atoms with Crippen LogP contribution in [0.25, 0.3) is 21.9 Å². The molecule has 25 heavy (non-hydrogen) atoms. The predicted molar refractivity (Wildman–Crippen MR) is 99.1 cm³/mol. The molecule has 1 fully saturated rings. The van der Waals surface area contributed by atoms with Crippen molar-refractivity contribution in [1.29, 1.82) is 4.78 Å². The Labute approximate surface area is 146 Å². The van der Waals surface area contributed by atoms with E-state index in [2.05, 4.69) is 20.5 Å². The Kier molecular flexibility index (Phi) is 3.88. The lowest BCUT2D eigenvalue weighted by molar-refractivity contribution is 0.188. The lowest BCUT2D eigenvalue weighted by Crippen LogP contribution is -2.38. The minimum absolute atomic E-state index is 0.112. The van der Waals surface area contributed by atoms with Crippen molar-refractivity contribution in [3.05, 3.63) is 30.6 Å². The summed E-state index contributed by atoms with van der Waals surface area (Å²) in [5.41, 5.74) is 2.07. The van der Waals surface area contributed by atoms with Crippen molar-refractivity contribution >= 4 is 37.8 Å². The van der Waals surface area contributed by atoms with E-state index >= 15 is 0 Å². The average molecular weight is 359 g/mol. The molecule has 0 amide bonds. The van der Waals surface area contributed by atoms with Gasteiger partial charge in [0.05, 0.1) is 11.6 Å². The number of fused-ring (bicyclic) bond motifs is 3. The maximum Gasteiger partial charge on any atom is 0.157 e. The van der Waals surface area contributed by atoms with Crippen LogP contribution >= 0.6 is 0 Å². The number of nitrogens with one attached hydrogen (secondary N) is 1.